The summed E-state index contributed by atoms with van der Waals surface area (Å²) in [5.74, 6) is 0.855. The van der Waals surface area contributed by atoms with Gasteiger partial charge in [0.15, 0.2) is 11.4 Å². The Morgan fingerprint density at radius 1 is 1.04 bits per heavy atom. The molecule has 2 aromatic carbocycles. The minimum absolute atomic E-state index is 0.469. The topological polar surface area (TPSA) is 96.7 Å². The number of nitrogens with zero attached hydrogens (tertiary/aromatic N) is 3. The van der Waals surface area contributed by atoms with E-state index in [0.29, 0.717) is 22.7 Å². The highest BCUT2D eigenvalue weighted by molar-refractivity contribution is 5.97. The summed E-state index contributed by atoms with van der Waals surface area (Å²) in [6.45, 7) is 0. The van der Waals surface area contributed by atoms with E-state index >= 15 is 0 Å². The normalized spacial score (nSPS) is 11.2. The number of para-hydroxylation sites is 1. The SMILES string of the molecule is CNc1nc(-c2cccnc2)nc2ccc(-c3cccc4[nH]c(=O)oc34)cc12. The molecule has 0 saturated carbocycles. The zero-order valence-electron chi connectivity index (χ0n) is 14.9. The lowest BCUT2D eigenvalue weighted by Crippen LogP contribution is -1.99. The van der Waals surface area contributed by atoms with Crippen LogP contribution in [0.2, 0.25) is 0 Å². The molecule has 3 heterocycles. The maximum atomic E-state index is 11.6. The highest BCUT2D eigenvalue weighted by Crippen LogP contribution is 2.32. The molecular formula is C21H15N5O2. The van der Waals surface area contributed by atoms with Crippen LogP contribution in [0, 0.1) is 0 Å². The van der Waals surface area contributed by atoms with Crippen molar-refractivity contribution in [3.8, 4) is 22.5 Å². The second-order valence-electron chi connectivity index (χ2n) is 6.32. The summed E-state index contributed by atoms with van der Waals surface area (Å²) in [7, 11) is 1.83. The van der Waals surface area contributed by atoms with Crippen molar-refractivity contribution in [3.63, 3.8) is 0 Å². The Morgan fingerprint density at radius 2 is 1.96 bits per heavy atom. The third-order valence-corrected chi connectivity index (χ3v) is 4.61. The van der Waals surface area contributed by atoms with Crippen molar-refractivity contribution in [1.29, 1.82) is 0 Å². The number of aromatic nitrogens is 4. The smallest absolute Gasteiger partial charge is 0.407 e. The molecule has 5 aromatic rings. The minimum atomic E-state index is -0.469. The van der Waals surface area contributed by atoms with Gasteiger partial charge in [-0.1, -0.05) is 18.2 Å². The molecule has 0 spiro atoms. The summed E-state index contributed by atoms with van der Waals surface area (Å²) >= 11 is 0. The number of oxazole rings is 1. The van der Waals surface area contributed by atoms with E-state index in [1.54, 1.807) is 12.4 Å². The Bertz CT molecular complexity index is 1370. The summed E-state index contributed by atoms with van der Waals surface area (Å²) < 4.78 is 5.33. The molecule has 3 aromatic heterocycles. The van der Waals surface area contributed by atoms with Crippen LogP contribution in [0.4, 0.5) is 5.82 Å². The van der Waals surface area contributed by atoms with E-state index in [1.807, 2.05) is 55.6 Å². The zero-order valence-corrected chi connectivity index (χ0v) is 14.9. The molecule has 0 fully saturated rings. The van der Waals surface area contributed by atoms with Gasteiger partial charge in [-0.05, 0) is 35.9 Å². The average Bonchev–Trinajstić information content (AvgIpc) is 3.13. The Labute approximate surface area is 159 Å². The predicted octanol–water partition coefficient (Wildman–Crippen LogP) is 3.84. The van der Waals surface area contributed by atoms with Gasteiger partial charge in [0.25, 0.3) is 0 Å². The first-order chi connectivity index (χ1) is 13.7. The summed E-state index contributed by atoms with van der Waals surface area (Å²) in [5.41, 5.74) is 4.60. The molecule has 7 heteroatoms. The van der Waals surface area contributed by atoms with Crippen LogP contribution in [0.3, 0.4) is 0 Å². The molecule has 0 aliphatic carbocycles. The van der Waals surface area contributed by atoms with Gasteiger partial charge in [-0.2, -0.15) is 0 Å². The Morgan fingerprint density at radius 3 is 2.79 bits per heavy atom. The van der Waals surface area contributed by atoms with Gasteiger partial charge in [0.1, 0.15) is 5.82 Å². The molecule has 28 heavy (non-hydrogen) atoms. The number of hydrogen-bond acceptors (Lipinski definition) is 6. The lowest BCUT2D eigenvalue weighted by atomic mass is 10.0. The maximum absolute atomic E-state index is 11.6. The van der Waals surface area contributed by atoms with E-state index in [1.165, 1.54) is 0 Å². The van der Waals surface area contributed by atoms with Crippen molar-refractivity contribution in [2.24, 2.45) is 0 Å². The monoisotopic (exact) mass is 369 g/mol. The van der Waals surface area contributed by atoms with E-state index in [4.69, 9.17) is 4.42 Å². The number of hydrogen-bond donors (Lipinski definition) is 2. The molecule has 2 N–H and O–H groups in total. The van der Waals surface area contributed by atoms with Crippen molar-refractivity contribution in [2.75, 3.05) is 12.4 Å². The number of fused-ring (bicyclic) bond motifs is 2. The van der Waals surface area contributed by atoms with Crippen LogP contribution in [0.25, 0.3) is 44.5 Å². The molecule has 0 bridgehead atoms. The number of aromatic amines is 1. The number of anilines is 1. The van der Waals surface area contributed by atoms with Gasteiger partial charge in [0.05, 0.1) is 11.0 Å². The third kappa shape index (κ3) is 2.61. The molecule has 7 nitrogen and oxygen atoms in total. The average molecular weight is 369 g/mol. The van der Waals surface area contributed by atoms with E-state index in [2.05, 4.69) is 25.3 Å². The van der Waals surface area contributed by atoms with Crippen molar-refractivity contribution >= 4 is 27.8 Å². The van der Waals surface area contributed by atoms with Gasteiger partial charge >= 0.3 is 5.76 Å². The highest BCUT2D eigenvalue weighted by atomic mass is 16.4. The number of pyridine rings is 1. The van der Waals surface area contributed by atoms with Gasteiger partial charge in [-0.3, -0.25) is 9.97 Å². The summed E-state index contributed by atoms with van der Waals surface area (Å²) in [6, 6.07) is 15.3. The van der Waals surface area contributed by atoms with Crippen LogP contribution < -0.4 is 11.1 Å². The molecule has 0 aliphatic heterocycles. The summed E-state index contributed by atoms with van der Waals surface area (Å²) in [4.78, 5) is 27.8. The van der Waals surface area contributed by atoms with Crippen LogP contribution in [0.1, 0.15) is 0 Å². The Balaban J connectivity index is 1.72. The van der Waals surface area contributed by atoms with E-state index in [-0.39, 0.29) is 0 Å². The first-order valence-electron chi connectivity index (χ1n) is 8.75. The molecule has 5 rings (SSSR count). The first kappa shape index (κ1) is 16.2. The van der Waals surface area contributed by atoms with Crippen molar-refractivity contribution in [1.82, 2.24) is 19.9 Å². The van der Waals surface area contributed by atoms with Crippen molar-refractivity contribution < 1.29 is 4.42 Å². The lowest BCUT2D eigenvalue weighted by molar-refractivity contribution is 0.556. The van der Waals surface area contributed by atoms with Crippen molar-refractivity contribution in [3.05, 3.63) is 71.5 Å². The van der Waals surface area contributed by atoms with E-state index in [9.17, 15) is 4.79 Å². The number of rotatable bonds is 3. The summed E-state index contributed by atoms with van der Waals surface area (Å²) in [6.07, 6.45) is 3.46. The van der Waals surface area contributed by atoms with Crippen LogP contribution >= 0.6 is 0 Å². The molecule has 136 valence electrons. The van der Waals surface area contributed by atoms with Crippen LogP contribution in [-0.2, 0) is 0 Å². The fourth-order valence-electron chi connectivity index (χ4n) is 3.31. The fourth-order valence-corrected chi connectivity index (χ4v) is 3.31. The van der Waals surface area contributed by atoms with Gasteiger partial charge in [-0.15, -0.1) is 0 Å². The van der Waals surface area contributed by atoms with E-state index in [0.717, 1.165) is 27.6 Å². The zero-order chi connectivity index (χ0) is 19.1. The number of nitrogens with one attached hydrogen (secondary N) is 2. The van der Waals surface area contributed by atoms with E-state index < -0.39 is 5.76 Å². The molecule has 0 atom stereocenters. The van der Waals surface area contributed by atoms with Crippen LogP contribution in [0.5, 0.6) is 0 Å². The largest absolute Gasteiger partial charge is 0.417 e. The molecule has 0 saturated heterocycles. The number of benzene rings is 2. The van der Waals surface area contributed by atoms with Gasteiger partial charge in [0.2, 0.25) is 0 Å². The molecular weight excluding hydrogens is 354 g/mol. The molecule has 0 amide bonds. The van der Waals surface area contributed by atoms with Gasteiger partial charge in [-0.25, -0.2) is 14.8 Å². The Hall–Kier alpha value is -4.00. The van der Waals surface area contributed by atoms with Crippen LogP contribution in [0.15, 0.2) is 70.1 Å². The second-order valence-corrected chi connectivity index (χ2v) is 6.32. The highest BCUT2D eigenvalue weighted by Gasteiger charge is 2.13. The molecule has 0 radical (unpaired) electrons. The third-order valence-electron chi connectivity index (χ3n) is 4.61. The second kappa shape index (κ2) is 6.31. The molecule has 0 unspecified atom stereocenters. The predicted molar refractivity (Wildman–Crippen MR) is 108 cm³/mol. The summed E-state index contributed by atoms with van der Waals surface area (Å²) in [5, 5.41) is 4.03. The van der Waals surface area contributed by atoms with Crippen LogP contribution in [-0.4, -0.2) is 27.0 Å². The quantitative estimate of drug-likeness (QED) is 0.502. The lowest BCUT2D eigenvalue weighted by Gasteiger charge is -2.10. The standard InChI is InChI=1S/C21H15N5O2/c1-22-20-15-10-12(14-5-2-6-17-18(14)28-21(27)25-17)7-8-16(15)24-19(26-20)13-4-3-9-23-11-13/h2-11H,1H3,(H,25,27)(H,22,24,26). The van der Waals surface area contributed by atoms with Gasteiger partial charge < -0.3 is 9.73 Å². The minimum Gasteiger partial charge on any atom is -0.407 e. The van der Waals surface area contributed by atoms with Gasteiger partial charge in [0, 0.05) is 36.0 Å². The fraction of sp³-hybridized carbons (Fsp3) is 0.0476. The maximum Gasteiger partial charge on any atom is 0.417 e. The Kier molecular flexibility index (Phi) is 3.65. The van der Waals surface area contributed by atoms with Crippen molar-refractivity contribution in [2.45, 2.75) is 0 Å². The first-order valence-corrected chi connectivity index (χ1v) is 8.75. The number of H-pyrrole nitrogens is 1. The molecule has 0 aliphatic rings.